The van der Waals surface area contributed by atoms with Crippen molar-refractivity contribution in [2.24, 2.45) is 50.2 Å². The summed E-state index contributed by atoms with van der Waals surface area (Å²) in [5.41, 5.74) is 2.51. The van der Waals surface area contributed by atoms with E-state index in [9.17, 15) is 9.59 Å². The Hall–Kier alpha value is -1.12. The third-order valence-corrected chi connectivity index (χ3v) is 13.2. The van der Waals surface area contributed by atoms with E-state index in [0.717, 1.165) is 44.9 Å². The molecule has 0 aliphatic heterocycles. The lowest BCUT2D eigenvalue weighted by molar-refractivity contribution is -0.211. The van der Waals surface area contributed by atoms with Crippen LogP contribution in [-0.2, 0) is 14.3 Å². The van der Waals surface area contributed by atoms with Crippen LogP contribution < -0.4 is 0 Å². The summed E-state index contributed by atoms with van der Waals surface area (Å²) < 4.78 is 5.89. The number of ether oxygens (including phenoxy) is 1. The fourth-order valence-electron chi connectivity index (χ4n) is 10.9. The van der Waals surface area contributed by atoms with Crippen molar-refractivity contribution in [1.82, 2.24) is 0 Å². The summed E-state index contributed by atoms with van der Waals surface area (Å²) in [7, 11) is 0. The molecule has 0 unspecified atom stereocenters. The molecule has 0 aromatic rings. The fourth-order valence-corrected chi connectivity index (χ4v) is 10.9. The zero-order chi connectivity index (χ0) is 25.7. The van der Waals surface area contributed by atoms with Gasteiger partial charge in [0, 0.05) is 17.8 Å². The summed E-state index contributed by atoms with van der Waals surface area (Å²) >= 11 is 0. The molecule has 8 atom stereocenters. The second kappa shape index (κ2) is 7.70. The number of fused-ring (bicyclic) bond motifs is 7. The van der Waals surface area contributed by atoms with Crippen molar-refractivity contribution in [3.8, 4) is 0 Å². The lowest BCUT2D eigenvalue weighted by Gasteiger charge is -2.71. The molecule has 3 nitrogen and oxygen atoms in total. The highest BCUT2D eigenvalue weighted by molar-refractivity contribution is 5.66. The van der Waals surface area contributed by atoms with Gasteiger partial charge in [-0.3, -0.25) is 4.79 Å². The smallest absolute Gasteiger partial charge is 0.302 e. The van der Waals surface area contributed by atoms with Crippen LogP contribution in [0.25, 0.3) is 0 Å². The molecule has 0 aromatic carbocycles. The van der Waals surface area contributed by atoms with Crippen molar-refractivity contribution in [3.05, 3.63) is 11.6 Å². The Balaban J connectivity index is 1.54. The first-order valence-electron chi connectivity index (χ1n) is 14.5. The molecule has 0 saturated heterocycles. The van der Waals surface area contributed by atoms with Gasteiger partial charge in [-0.05, 0) is 104 Å². The van der Waals surface area contributed by atoms with Gasteiger partial charge in [0.2, 0.25) is 0 Å². The third kappa shape index (κ3) is 3.34. The average molecular weight is 483 g/mol. The molecule has 5 aliphatic rings. The summed E-state index contributed by atoms with van der Waals surface area (Å²) in [5, 5.41) is 0. The number of esters is 1. The third-order valence-electron chi connectivity index (χ3n) is 13.2. The highest BCUT2D eigenvalue weighted by atomic mass is 16.5. The largest absolute Gasteiger partial charge is 0.462 e. The van der Waals surface area contributed by atoms with E-state index in [1.54, 1.807) is 12.5 Å². The second-order valence-electron chi connectivity index (χ2n) is 15.5. The zero-order valence-corrected chi connectivity index (χ0v) is 23.8. The number of allylic oxidation sites excluding steroid dienone is 2. The van der Waals surface area contributed by atoms with E-state index >= 15 is 0 Å². The molecule has 0 N–H and O–H groups in total. The van der Waals surface area contributed by atoms with E-state index in [4.69, 9.17) is 4.74 Å². The molecule has 0 aromatic heterocycles. The minimum absolute atomic E-state index is 0.00245. The van der Waals surface area contributed by atoms with Crippen molar-refractivity contribution in [2.45, 2.75) is 126 Å². The van der Waals surface area contributed by atoms with Gasteiger partial charge in [-0.15, -0.1) is 0 Å². The van der Waals surface area contributed by atoms with Gasteiger partial charge in [0.25, 0.3) is 0 Å². The van der Waals surface area contributed by atoms with Gasteiger partial charge in [0.05, 0.1) is 0 Å². The second-order valence-corrected chi connectivity index (χ2v) is 15.5. The van der Waals surface area contributed by atoms with Crippen molar-refractivity contribution in [3.63, 3.8) is 0 Å². The molecule has 0 bridgehead atoms. The van der Waals surface area contributed by atoms with Gasteiger partial charge >= 0.3 is 5.97 Å². The quantitative estimate of drug-likeness (QED) is 0.228. The number of hydrogen-bond donors (Lipinski definition) is 0. The van der Waals surface area contributed by atoms with Crippen molar-refractivity contribution < 1.29 is 14.3 Å². The minimum Gasteiger partial charge on any atom is -0.462 e. The molecule has 3 heteroatoms. The van der Waals surface area contributed by atoms with Gasteiger partial charge in [0.1, 0.15) is 12.4 Å². The average Bonchev–Trinajstić information content (AvgIpc) is 2.76. The Morgan fingerprint density at radius 2 is 1.60 bits per heavy atom. The number of carbonyl (C=O) groups excluding carboxylic acids is 2. The standard InChI is InChI=1S/C32H50O3/c1-21(34)35-26-12-13-29(6)24(28(26,4)5)11-14-31(8)25(29)10-9-22-23-19-27(2,3)15-17-32(23,20-33)18-16-30(22,31)7/h9,20,23-26H,10-19H2,1-8H3/t23-,24-,25+,26+,29+,30-,31-,32-/m1/s1. The molecule has 5 rings (SSSR count). The maximum absolute atomic E-state index is 12.6. The predicted molar refractivity (Wildman–Crippen MR) is 141 cm³/mol. The van der Waals surface area contributed by atoms with Crippen molar-refractivity contribution in [1.29, 1.82) is 0 Å². The zero-order valence-electron chi connectivity index (χ0n) is 23.8. The van der Waals surface area contributed by atoms with E-state index in [-0.39, 0.29) is 39.1 Å². The van der Waals surface area contributed by atoms with E-state index < -0.39 is 0 Å². The lowest BCUT2D eigenvalue weighted by atomic mass is 9.33. The van der Waals surface area contributed by atoms with Crippen LogP contribution in [0.3, 0.4) is 0 Å². The van der Waals surface area contributed by atoms with Gasteiger partial charge in [-0.25, -0.2) is 0 Å². The first-order chi connectivity index (χ1) is 16.2. The van der Waals surface area contributed by atoms with Crippen LogP contribution in [0.5, 0.6) is 0 Å². The predicted octanol–water partition coefficient (Wildman–Crippen LogP) is 7.92. The first-order valence-corrected chi connectivity index (χ1v) is 14.5. The molecule has 0 amide bonds. The van der Waals surface area contributed by atoms with Gasteiger partial charge in [0.15, 0.2) is 0 Å². The number of aldehydes is 1. The van der Waals surface area contributed by atoms with Crippen LogP contribution >= 0.6 is 0 Å². The fraction of sp³-hybridized carbons (Fsp3) is 0.875. The van der Waals surface area contributed by atoms with Crippen LogP contribution in [0, 0.1) is 50.2 Å². The summed E-state index contributed by atoms with van der Waals surface area (Å²) in [6.45, 7) is 18.9. The highest BCUT2D eigenvalue weighted by Gasteiger charge is 2.68. The summed E-state index contributed by atoms with van der Waals surface area (Å²) in [6.07, 6.45) is 15.4. The van der Waals surface area contributed by atoms with Gasteiger partial charge in [-0.2, -0.15) is 0 Å². The molecule has 0 spiro atoms. The molecular weight excluding hydrogens is 432 g/mol. The first kappa shape index (κ1) is 25.5. The Labute approximate surface area is 214 Å². The molecule has 35 heavy (non-hydrogen) atoms. The topological polar surface area (TPSA) is 43.4 Å². The van der Waals surface area contributed by atoms with E-state index in [1.807, 2.05) is 0 Å². The van der Waals surface area contributed by atoms with Crippen LogP contribution in [0.1, 0.15) is 120 Å². The monoisotopic (exact) mass is 482 g/mol. The lowest BCUT2D eigenvalue weighted by Crippen LogP contribution is -2.65. The van der Waals surface area contributed by atoms with E-state index in [2.05, 4.69) is 54.5 Å². The number of rotatable bonds is 2. The molecule has 196 valence electrons. The summed E-state index contributed by atoms with van der Waals surface area (Å²) in [4.78, 5) is 24.5. The number of hydrogen-bond acceptors (Lipinski definition) is 3. The Bertz CT molecular complexity index is 944. The van der Waals surface area contributed by atoms with Crippen LogP contribution in [0.2, 0.25) is 0 Å². The van der Waals surface area contributed by atoms with E-state index in [1.165, 1.54) is 25.5 Å². The van der Waals surface area contributed by atoms with Crippen LogP contribution in [0.4, 0.5) is 0 Å². The maximum Gasteiger partial charge on any atom is 0.302 e. The summed E-state index contributed by atoms with van der Waals surface area (Å²) in [5.74, 6) is 1.49. The molecule has 0 radical (unpaired) electrons. The molecule has 4 saturated carbocycles. The highest BCUT2D eigenvalue weighted by Crippen LogP contribution is 2.75. The molecule has 5 aliphatic carbocycles. The Morgan fingerprint density at radius 1 is 0.914 bits per heavy atom. The normalized spacial score (nSPS) is 49.9. The minimum atomic E-state index is -0.138. The maximum atomic E-state index is 12.6. The van der Waals surface area contributed by atoms with Crippen LogP contribution in [0.15, 0.2) is 11.6 Å². The molecular formula is C32H50O3. The van der Waals surface area contributed by atoms with E-state index in [0.29, 0.717) is 23.2 Å². The Kier molecular flexibility index (Phi) is 5.62. The number of carbonyl (C=O) groups is 2. The van der Waals surface area contributed by atoms with Crippen molar-refractivity contribution >= 4 is 12.3 Å². The van der Waals surface area contributed by atoms with Crippen LogP contribution in [-0.4, -0.2) is 18.4 Å². The summed E-state index contributed by atoms with van der Waals surface area (Å²) in [6, 6.07) is 0. The van der Waals surface area contributed by atoms with Gasteiger partial charge < -0.3 is 9.53 Å². The molecule has 0 heterocycles. The SMILES string of the molecule is CC(=O)O[C@H]1CC[C@@]2(C)[C@H](CC[C@]3(C)[C@H]2CC=C2[C@H]4CC(C)(C)CC[C@]4(C=O)CC[C@]23C)C1(C)C. The molecule has 4 fully saturated rings. The van der Waals surface area contributed by atoms with Crippen molar-refractivity contribution in [2.75, 3.05) is 0 Å². The Morgan fingerprint density at radius 3 is 2.26 bits per heavy atom. The van der Waals surface area contributed by atoms with Gasteiger partial charge in [-0.1, -0.05) is 60.1 Å².